The Labute approximate surface area is 102 Å². The Morgan fingerprint density at radius 3 is 2.94 bits per heavy atom. The molecule has 0 fully saturated rings. The molecule has 4 nitrogen and oxygen atoms in total. The second-order valence-corrected chi connectivity index (χ2v) is 4.59. The lowest BCUT2D eigenvalue weighted by molar-refractivity contribution is 0.531. The quantitative estimate of drug-likeness (QED) is 0.769. The lowest BCUT2D eigenvalue weighted by atomic mass is 10.3. The normalized spacial score (nSPS) is 11.1. The molecule has 0 aliphatic carbocycles. The number of aromatic nitrogens is 2. The standard InChI is InChI=1S/C12H11N3OS/c13-6-5-11-15-12-9(16-11)4-3-8(14-12)10-2-1-7-17-10/h1-4,7H,5-6,13H2. The van der Waals surface area contributed by atoms with Crippen LogP contribution in [0.3, 0.4) is 0 Å². The Hall–Kier alpha value is -1.72. The number of oxazole rings is 1. The van der Waals surface area contributed by atoms with Crippen LogP contribution < -0.4 is 5.73 Å². The maximum atomic E-state index is 5.53. The van der Waals surface area contributed by atoms with E-state index in [4.69, 9.17) is 10.2 Å². The first-order valence-corrected chi connectivity index (χ1v) is 6.25. The zero-order valence-corrected chi connectivity index (χ0v) is 9.91. The fourth-order valence-corrected chi connectivity index (χ4v) is 2.35. The number of fused-ring (bicyclic) bond motifs is 1. The molecule has 0 amide bonds. The van der Waals surface area contributed by atoms with E-state index in [2.05, 4.69) is 9.97 Å². The van der Waals surface area contributed by atoms with Gasteiger partial charge in [-0.2, -0.15) is 4.98 Å². The van der Waals surface area contributed by atoms with Gasteiger partial charge in [0.1, 0.15) is 0 Å². The molecule has 3 rings (SSSR count). The van der Waals surface area contributed by atoms with Gasteiger partial charge in [0, 0.05) is 13.0 Å². The van der Waals surface area contributed by atoms with Crippen molar-refractivity contribution in [3.8, 4) is 10.6 Å². The van der Waals surface area contributed by atoms with Gasteiger partial charge in [0.15, 0.2) is 17.1 Å². The molecule has 2 N–H and O–H groups in total. The van der Waals surface area contributed by atoms with Gasteiger partial charge in [-0.25, -0.2) is 4.98 Å². The predicted octanol–water partition coefficient (Wildman–Crippen LogP) is 2.45. The molecule has 0 aliphatic rings. The summed E-state index contributed by atoms with van der Waals surface area (Å²) in [7, 11) is 0. The van der Waals surface area contributed by atoms with Crippen molar-refractivity contribution in [1.82, 2.24) is 9.97 Å². The summed E-state index contributed by atoms with van der Waals surface area (Å²) in [6, 6.07) is 7.91. The molecule has 3 aromatic rings. The summed E-state index contributed by atoms with van der Waals surface area (Å²) in [6.45, 7) is 0.532. The summed E-state index contributed by atoms with van der Waals surface area (Å²) >= 11 is 1.66. The van der Waals surface area contributed by atoms with Gasteiger partial charge in [-0.1, -0.05) is 6.07 Å². The fourth-order valence-electron chi connectivity index (χ4n) is 1.66. The van der Waals surface area contributed by atoms with E-state index in [-0.39, 0.29) is 0 Å². The van der Waals surface area contributed by atoms with E-state index in [0.717, 1.165) is 10.6 Å². The van der Waals surface area contributed by atoms with E-state index in [9.17, 15) is 0 Å². The summed E-state index contributed by atoms with van der Waals surface area (Å²) in [6.07, 6.45) is 0.644. The number of hydrogen-bond acceptors (Lipinski definition) is 5. The van der Waals surface area contributed by atoms with E-state index in [0.29, 0.717) is 30.1 Å². The number of rotatable bonds is 3. The average Bonchev–Trinajstić information content (AvgIpc) is 2.96. The third kappa shape index (κ3) is 1.94. The second-order valence-electron chi connectivity index (χ2n) is 3.64. The molecular weight excluding hydrogens is 234 g/mol. The van der Waals surface area contributed by atoms with Gasteiger partial charge in [-0.3, -0.25) is 0 Å². The van der Waals surface area contributed by atoms with E-state index >= 15 is 0 Å². The number of pyridine rings is 1. The van der Waals surface area contributed by atoms with Crippen molar-refractivity contribution in [2.45, 2.75) is 6.42 Å². The van der Waals surface area contributed by atoms with Crippen LogP contribution in [0.15, 0.2) is 34.1 Å². The van der Waals surface area contributed by atoms with E-state index in [1.807, 2.05) is 29.6 Å². The third-order valence-electron chi connectivity index (χ3n) is 2.43. The molecule has 0 unspecified atom stereocenters. The summed E-state index contributed by atoms with van der Waals surface area (Å²) in [5.74, 6) is 0.651. The highest BCUT2D eigenvalue weighted by Gasteiger charge is 2.08. The van der Waals surface area contributed by atoms with E-state index in [1.54, 1.807) is 11.3 Å². The topological polar surface area (TPSA) is 64.9 Å². The zero-order valence-electron chi connectivity index (χ0n) is 9.09. The number of nitrogens with zero attached hydrogens (tertiary/aromatic N) is 2. The molecule has 0 aromatic carbocycles. The molecule has 3 aromatic heterocycles. The van der Waals surface area contributed by atoms with Crippen molar-refractivity contribution in [3.63, 3.8) is 0 Å². The highest BCUT2D eigenvalue weighted by Crippen LogP contribution is 2.25. The maximum Gasteiger partial charge on any atom is 0.199 e. The highest BCUT2D eigenvalue weighted by molar-refractivity contribution is 7.13. The second kappa shape index (κ2) is 4.27. The third-order valence-corrected chi connectivity index (χ3v) is 3.32. The highest BCUT2D eigenvalue weighted by atomic mass is 32.1. The van der Waals surface area contributed by atoms with Crippen molar-refractivity contribution in [1.29, 1.82) is 0 Å². The van der Waals surface area contributed by atoms with Crippen LogP contribution >= 0.6 is 11.3 Å². The van der Waals surface area contributed by atoms with Crippen LogP contribution in [0.1, 0.15) is 5.89 Å². The van der Waals surface area contributed by atoms with E-state index < -0.39 is 0 Å². The molecule has 0 radical (unpaired) electrons. The van der Waals surface area contributed by atoms with Crippen LogP contribution in [0, 0.1) is 0 Å². The maximum absolute atomic E-state index is 5.53. The van der Waals surface area contributed by atoms with Gasteiger partial charge in [-0.05, 0) is 23.6 Å². The van der Waals surface area contributed by atoms with Crippen molar-refractivity contribution in [2.75, 3.05) is 6.54 Å². The van der Waals surface area contributed by atoms with Gasteiger partial charge >= 0.3 is 0 Å². The first-order valence-electron chi connectivity index (χ1n) is 5.37. The minimum atomic E-state index is 0.532. The van der Waals surface area contributed by atoms with E-state index in [1.165, 1.54) is 0 Å². The largest absolute Gasteiger partial charge is 0.439 e. The van der Waals surface area contributed by atoms with Crippen molar-refractivity contribution < 1.29 is 4.42 Å². The van der Waals surface area contributed by atoms with Crippen LogP contribution in [0.4, 0.5) is 0 Å². The molecule has 0 saturated carbocycles. The summed E-state index contributed by atoms with van der Waals surface area (Å²) < 4.78 is 5.53. The van der Waals surface area contributed by atoms with Gasteiger partial charge in [-0.15, -0.1) is 11.3 Å². The molecule has 0 aliphatic heterocycles. The summed E-state index contributed by atoms with van der Waals surface area (Å²) in [5, 5.41) is 2.03. The van der Waals surface area contributed by atoms with Gasteiger partial charge in [0.25, 0.3) is 0 Å². The molecule has 0 bridgehead atoms. The molecule has 5 heteroatoms. The van der Waals surface area contributed by atoms with Crippen molar-refractivity contribution >= 4 is 22.6 Å². The molecule has 17 heavy (non-hydrogen) atoms. The minimum Gasteiger partial charge on any atom is -0.439 e. The monoisotopic (exact) mass is 245 g/mol. The Balaban J connectivity index is 2.06. The number of nitrogens with two attached hydrogens (primary N) is 1. The summed E-state index contributed by atoms with van der Waals surface area (Å²) in [5.41, 5.74) is 7.77. The van der Waals surface area contributed by atoms with Crippen LogP contribution in [0.25, 0.3) is 21.8 Å². The minimum absolute atomic E-state index is 0.532. The first-order chi connectivity index (χ1) is 8.36. The molecular formula is C12H11N3OS. The SMILES string of the molecule is NCCc1nc2nc(-c3cccs3)ccc2o1. The predicted molar refractivity (Wildman–Crippen MR) is 67.9 cm³/mol. The number of thiophene rings is 1. The Morgan fingerprint density at radius 2 is 2.18 bits per heavy atom. The molecule has 0 atom stereocenters. The smallest absolute Gasteiger partial charge is 0.199 e. The van der Waals surface area contributed by atoms with Crippen LogP contribution in [-0.2, 0) is 6.42 Å². The van der Waals surface area contributed by atoms with Gasteiger partial charge < -0.3 is 10.2 Å². The van der Waals surface area contributed by atoms with Gasteiger partial charge in [0.2, 0.25) is 0 Å². The Bertz CT molecular complexity index is 630. The zero-order chi connectivity index (χ0) is 11.7. The fraction of sp³-hybridized carbons (Fsp3) is 0.167. The molecule has 0 spiro atoms. The molecule has 0 saturated heterocycles. The van der Waals surface area contributed by atoms with Crippen molar-refractivity contribution in [3.05, 3.63) is 35.5 Å². The summed E-state index contributed by atoms with van der Waals surface area (Å²) in [4.78, 5) is 9.94. The molecule has 3 heterocycles. The van der Waals surface area contributed by atoms with Crippen LogP contribution in [-0.4, -0.2) is 16.5 Å². The van der Waals surface area contributed by atoms with Crippen LogP contribution in [0.5, 0.6) is 0 Å². The van der Waals surface area contributed by atoms with Crippen molar-refractivity contribution in [2.24, 2.45) is 5.73 Å². The molecule has 86 valence electrons. The number of hydrogen-bond donors (Lipinski definition) is 1. The lowest BCUT2D eigenvalue weighted by Gasteiger charge is -1.94. The van der Waals surface area contributed by atoms with Gasteiger partial charge in [0.05, 0.1) is 10.6 Å². The Kier molecular flexibility index (Phi) is 2.62. The van der Waals surface area contributed by atoms with Crippen LogP contribution in [0.2, 0.25) is 0 Å². The lowest BCUT2D eigenvalue weighted by Crippen LogP contribution is -2.02. The Morgan fingerprint density at radius 1 is 1.24 bits per heavy atom. The average molecular weight is 245 g/mol. The first kappa shape index (κ1) is 10.4.